The van der Waals surface area contributed by atoms with E-state index in [-0.39, 0.29) is 5.31 Å². The van der Waals surface area contributed by atoms with Gasteiger partial charge in [-0.3, -0.25) is 0 Å². The third-order valence-electron chi connectivity index (χ3n) is 1.04. The minimum Gasteiger partial charge on any atom is -0.0688 e. The van der Waals surface area contributed by atoms with E-state index in [4.69, 9.17) is 7.85 Å². The zero-order valence-electron chi connectivity index (χ0n) is 3.49. The minimum atomic E-state index is 0.250. The summed E-state index contributed by atoms with van der Waals surface area (Å²) in [6.07, 6.45) is 2.46. The van der Waals surface area contributed by atoms with Crippen molar-refractivity contribution in [3.8, 4) is 0 Å². The SMILES string of the molecule is [B]C1(C)CC1. The summed E-state index contributed by atoms with van der Waals surface area (Å²) >= 11 is 0. The molecule has 0 nitrogen and oxygen atoms in total. The van der Waals surface area contributed by atoms with Crippen LogP contribution in [-0.4, -0.2) is 7.85 Å². The highest BCUT2D eigenvalue weighted by atomic mass is 14.3. The molecule has 0 unspecified atom stereocenters. The fourth-order valence-corrected chi connectivity index (χ4v) is 0.197. The maximum atomic E-state index is 5.47. The van der Waals surface area contributed by atoms with E-state index in [2.05, 4.69) is 6.92 Å². The molecular weight excluding hydrogens is 58.9 g/mol. The van der Waals surface area contributed by atoms with Gasteiger partial charge in [0.05, 0.1) is 7.85 Å². The Morgan fingerprint density at radius 2 is 1.80 bits per heavy atom. The second-order valence-corrected chi connectivity index (χ2v) is 2.15. The lowest BCUT2D eigenvalue weighted by Crippen LogP contribution is -1.74. The molecule has 26 valence electrons. The van der Waals surface area contributed by atoms with Gasteiger partial charge < -0.3 is 0 Å². The van der Waals surface area contributed by atoms with Crippen molar-refractivity contribution in [1.29, 1.82) is 0 Å². The number of rotatable bonds is 0. The van der Waals surface area contributed by atoms with E-state index in [1.807, 2.05) is 0 Å². The van der Waals surface area contributed by atoms with Crippen LogP contribution < -0.4 is 0 Å². The molecule has 0 heterocycles. The molecule has 0 N–H and O–H groups in total. The summed E-state index contributed by atoms with van der Waals surface area (Å²) in [6, 6.07) is 0. The molecule has 0 amide bonds. The van der Waals surface area contributed by atoms with Crippen LogP contribution in [0.3, 0.4) is 0 Å². The molecule has 2 radical (unpaired) electrons. The Morgan fingerprint density at radius 1 is 1.60 bits per heavy atom. The van der Waals surface area contributed by atoms with Gasteiger partial charge in [-0.1, -0.05) is 25.1 Å². The first-order chi connectivity index (χ1) is 2.21. The summed E-state index contributed by atoms with van der Waals surface area (Å²) in [6.45, 7) is 2.08. The van der Waals surface area contributed by atoms with Crippen LogP contribution in [0.1, 0.15) is 19.8 Å². The highest BCUT2D eigenvalue weighted by Crippen LogP contribution is 2.49. The summed E-state index contributed by atoms with van der Waals surface area (Å²) in [5.41, 5.74) is 0. The first-order valence-electron chi connectivity index (χ1n) is 2.00. The van der Waals surface area contributed by atoms with Crippen LogP contribution in [0, 0.1) is 0 Å². The molecule has 0 aromatic carbocycles. The molecule has 0 saturated heterocycles. The topological polar surface area (TPSA) is 0 Å². The largest absolute Gasteiger partial charge is 0.0742 e. The summed E-state index contributed by atoms with van der Waals surface area (Å²) in [5.74, 6) is 0. The van der Waals surface area contributed by atoms with E-state index in [9.17, 15) is 0 Å². The molecule has 0 bridgehead atoms. The van der Waals surface area contributed by atoms with Crippen molar-refractivity contribution < 1.29 is 0 Å². The van der Waals surface area contributed by atoms with Crippen molar-refractivity contribution >= 4 is 7.85 Å². The van der Waals surface area contributed by atoms with Crippen molar-refractivity contribution in [3.05, 3.63) is 0 Å². The number of hydrogen-bond acceptors (Lipinski definition) is 0. The molecule has 1 aliphatic rings. The highest BCUT2D eigenvalue weighted by molar-refractivity contribution is 6.16. The minimum absolute atomic E-state index is 0.250. The Balaban J connectivity index is 2.38. The molecule has 1 heteroatoms. The zero-order valence-corrected chi connectivity index (χ0v) is 3.49. The Morgan fingerprint density at radius 3 is 1.80 bits per heavy atom. The standard InChI is InChI=1S/C4H7B/c1-4(5)2-3-4/h2-3H2,1H3. The van der Waals surface area contributed by atoms with E-state index in [0.717, 1.165) is 0 Å². The summed E-state index contributed by atoms with van der Waals surface area (Å²) in [4.78, 5) is 0. The molecule has 1 rings (SSSR count). The first-order valence-corrected chi connectivity index (χ1v) is 2.00. The molecule has 1 saturated carbocycles. The number of hydrogen-bond donors (Lipinski definition) is 0. The van der Waals surface area contributed by atoms with Crippen LogP contribution in [0.15, 0.2) is 0 Å². The molecular formula is C4H7B. The average molecular weight is 65.9 g/mol. The van der Waals surface area contributed by atoms with Gasteiger partial charge in [0.1, 0.15) is 0 Å². The lowest BCUT2D eigenvalue weighted by molar-refractivity contribution is 1.01. The van der Waals surface area contributed by atoms with Crippen LogP contribution in [0.5, 0.6) is 0 Å². The Labute approximate surface area is 34.0 Å². The van der Waals surface area contributed by atoms with Crippen LogP contribution in [0.25, 0.3) is 0 Å². The van der Waals surface area contributed by atoms with Crippen molar-refractivity contribution in [2.75, 3.05) is 0 Å². The molecule has 0 aromatic heterocycles. The van der Waals surface area contributed by atoms with Gasteiger partial charge in [-0.15, -0.1) is 0 Å². The van der Waals surface area contributed by atoms with Crippen LogP contribution >= 0.6 is 0 Å². The van der Waals surface area contributed by atoms with Crippen molar-refractivity contribution in [2.45, 2.75) is 25.1 Å². The summed E-state index contributed by atoms with van der Waals surface area (Å²) in [7, 11) is 5.47. The fraction of sp³-hybridized carbons (Fsp3) is 1.00. The van der Waals surface area contributed by atoms with Crippen LogP contribution in [0.4, 0.5) is 0 Å². The Hall–Kier alpha value is 0.0649. The fourth-order valence-electron chi connectivity index (χ4n) is 0.197. The van der Waals surface area contributed by atoms with Crippen molar-refractivity contribution in [3.63, 3.8) is 0 Å². The predicted octanol–water partition coefficient (Wildman–Crippen LogP) is 1.13. The second-order valence-electron chi connectivity index (χ2n) is 2.15. The van der Waals surface area contributed by atoms with Crippen LogP contribution in [0.2, 0.25) is 5.31 Å². The molecule has 1 aliphatic carbocycles. The van der Waals surface area contributed by atoms with E-state index in [0.29, 0.717) is 0 Å². The van der Waals surface area contributed by atoms with E-state index in [1.54, 1.807) is 0 Å². The van der Waals surface area contributed by atoms with Crippen molar-refractivity contribution in [1.82, 2.24) is 0 Å². The normalized spacial score (nSPS) is 29.8. The van der Waals surface area contributed by atoms with Gasteiger partial charge in [-0.05, 0) is 0 Å². The Kier molecular flexibility index (Phi) is 0.383. The third-order valence-corrected chi connectivity index (χ3v) is 1.04. The average Bonchev–Trinajstić information content (AvgIpc) is 1.76. The molecule has 0 aliphatic heterocycles. The maximum Gasteiger partial charge on any atom is 0.0742 e. The van der Waals surface area contributed by atoms with Crippen LogP contribution in [-0.2, 0) is 0 Å². The zero-order chi connectivity index (χ0) is 3.91. The molecule has 0 atom stereocenters. The molecule has 1 fully saturated rings. The third kappa shape index (κ3) is 0.676. The highest BCUT2D eigenvalue weighted by Gasteiger charge is 2.29. The summed E-state index contributed by atoms with van der Waals surface area (Å²) < 4.78 is 0. The second kappa shape index (κ2) is 0.587. The van der Waals surface area contributed by atoms with Gasteiger partial charge in [0.25, 0.3) is 0 Å². The van der Waals surface area contributed by atoms with Gasteiger partial charge in [-0.25, -0.2) is 0 Å². The first kappa shape index (κ1) is 3.26. The molecule has 5 heavy (non-hydrogen) atoms. The summed E-state index contributed by atoms with van der Waals surface area (Å²) in [5, 5.41) is 0.250. The van der Waals surface area contributed by atoms with Crippen molar-refractivity contribution in [2.24, 2.45) is 0 Å². The smallest absolute Gasteiger partial charge is 0.0688 e. The maximum absolute atomic E-state index is 5.47. The monoisotopic (exact) mass is 66.1 g/mol. The Bertz CT molecular complexity index is 41.6. The molecule has 0 aromatic rings. The van der Waals surface area contributed by atoms with Gasteiger partial charge in [-0.2, -0.15) is 0 Å². The lowest BCUT2D eigenvalue weighted by atomic mass is 9.86. The predicted molar refractivity (Wildman–Crippen MR) is 23.4 cm³/mol. The van der Waals surface area contributed by atoms with E-state index in [1.165, 1.54) is 12.8 Å². The van der Waals surface area contributed by atoms with Gasteiger partial charge >= 0.3 is 0 Å². The quantitative estimate of drug-likeness (QED) is 0.372. The van der Waals surface area contributed by atoms with Gasteiger partial charge in [0, 0.05) is 0 Å². The van der Waals surface area contributed by atoms with E-state index >= 15 is 0 Å². The lowest BCUT2D eigenvalue weighted by Gasteiger charge is -1.86. The van der Waals surface area contributed by atoms with Gasteiger partial charge in [0.2, 0.25) is 0 Å². The van der Waals surface area contributed by atoms with Gasteiger partial charge in [0.15, 0.2) is 0 Å². The van der Waals surface area contributed by atoms with E-state index < -0.39 is 0 Å². The molecule has 0 spiro atoms.